The number of carbonyl (C=O) groups excluding carboxylic acids is 1. The minimum Gasteiger partial charge on any atom is -0.461 e. The third kappa shape index (κ3) is 1.98. The van der Waals surface area contributed by atoms with E-state index >= 15 is 0 Å². The summed E-state index contributed by atoms with van der Waals surface area (Å²) in [5.41, 5.74) is 3.14. The van der Waals surface area contributed by atoms with Crippen LogP contribution < -0.4 is 5.32 Å². The highest BCUT2D eigenvalue weighted by molar-refractivity contribution is 5.81. The average Bonchev–Trinajstić information content (AvgIpc) is 2.80. The molecule has 120 valence electrons. The van der Waals surface area contributed by atoms with Gasteiger partial charge < -0.3 is 10.1 Å². The van der Waals surface area contributed by atoms with E-state index in [2.05, 4.69) is 32.3 Å². The van der Waals surface area contributed by atoms with Gasteiger partial charge in [0.2, 0.25) is 0 Å². The molecule has 0 radical (unpaired) electrons. The lowest BCUT2D eigenvalue weighted by Gasteiger charge is -2.48. The second kappa shape index (κ2) is 5.00. The molecule has 0 spiro atoms. The maximum Gasteiger partial charge on any atom is 0.316 e. The van der Waals surface area contributed by atoms with E-state index in [1.54, 1.807) is 6.08 Å². The van der Waals surface area contributed by atoms with Crippen LogP contribution in [0.15, 0.2) is 36.1 Å². The molecule has 0 unspecified atom stereocenters. The third-order valence-corrected chi connectivity index (χ3v) is 6.31. The SMILES string of the molecule is C=C[C@]1(C)C[C@H]([C@@]2(C)C3=C(CCNC3=C)CC[C@H]2C)OC1=O. The normalized spacial score (nSPS) is 41.8. The van der Waals surface area contributed by atoms with E-state index < -0.39 is 5.41 Å². The van der Waals surface area contributed by atoms with Crippen molar-refractivity contribution in [2.75, 3.05) is 6.54 Å². The predicted molar refractivity (Wildman–Crippen MR) is 88.1 cm³/mol. The molecule has 0 aromatic carbocycles. The molecular formula is C19H27NO2. The molecule has 2 heterocycles. The summed E-state index contributed by atoms with van der Waals surface area (Å²) < 4.78 is 5.86. The van der Waals surface area contributed by atoms with E-state index in [9.17, 15) is 4.79 Å². The molecule has 4 atom stereocenters. The Bertz CT molecular complexity index is 576. The van der Waals surface area contributed by atoms with E-state index in [1.165, 1.54) is 11.1 Å². The molecule has 0 amide bonds. The number of carbonyl (C=O) groups is 1. The smallest absolute Gasteiger partial charge is 0.316 e. The first-order valence-electron chi connectivity index (χ1n) is 8.33. The van der Waals surface area contributed by atoms with Crippen molar-refractivity contribution in [1.82, 2.24) is 5.32 Å². The molecule has 22 heavy (non-hydrogen) atoms. The zero-order valence-corrected chi connectivity index (χ0v) is 14.0. The Morgan fingerprint density at radius 3 is 2.73 bits per heavy atom. The van der Waals surface area contributed by atoms with Crippen molar-refractivity contribution in [1.29, 1.82) is 0 Å². The summed E-state index contributed by atoms with van der Waals surface area (Å²) in [6.07, 6.45) is 5.74. The van der Waals surface area contributed by atoms with Gasteiger partial charge in [-0.2, -0.15) is 0 Å². The van der Waals surface area contributed by atoms with Gasteiger partial charge in [-0.1, -0.05) is 32.1 Å². The number of rotatable bonds is 2. The molecule has 0 aromatic rings. The molecule has 0 aromatic heterocycles. The third-order valence-electron chi connectivity index (χ3n) is 6.31. The fourth-order valence-electron chi connectivity index (χ4n) is 4.44. The molecule has 1 aliphatic carbocycles. The Hall–Kier alpha value is -1.51. The molecule has 3 rings (SSSR count). The molecule has 3 nitrogen and oxygen atoms in total. The Morgan fingerprint density at radius 1 is 1.36 bits per heavy atom. The number of nitrogens with one attached hydrogen (secondary N) is 1. The molecule has 1 N–H and O–H groups in total. The first-order valence-corrected chi connectivity index (χ1v) is 8.33. The lowest BCUT2D eigenvalue weighted by molar-refractivity contribution is -0.150. The average molecular weight is 301 g/mol. The van der Waals surface area contributed by atoms with Gasteiger partial charge in [0.1, 0.15) is 6.10 Å². The van der Waals surface area contributed by atoms with Gasteiger partial charge in [0.15, 0.2) is 0 Å². The van der Waals surface area contributed by atoms with E-state index in [0.29, 0.717) is 12.3 Å². The molecular weight excluding hydrogens is 274 g/mol. The largest absolute Gasteiger partial charge is 0.461 e. The molecule has 1 fully saturated rings. The maximum absolute atomic E-state index is 12.3. The van der Waals surface area contributed by atoms with Crippen LogP contribution in [0.3, 0.4) is 0 Å². The monoisotopic (exact) mass is 301 g/mol. The molecule has 3 heteroatoms. The standard InChI is InChI=1S/C19H27NO2/c1-6-18(4)11-15(22-17(18)21)19(5)12(2)7-8-14-9-10-20-13(3)16(14)19/h6,12,15,20H,1,3,7-11H2,2,4-5H3/t12-,15-,18-,19+/m1/s1. The molecule has 0 bridgehead atoms. The molecule has 2 aliphatic heterocycles. The highest BCUT2D eigenvalue weighted by Gasteiger charge is 2.55. The summed E-state index contributed by atoms with van der Waals surface area (Å²) in [7, 11) is 0. The fraction of sp³-hybridized carbons (Fsp3) is 0.632. The van der Waals surface area contributed by atoms with Crippen LogP contribution in [0.1, 0.15) is 46.5 Å². The second-order valence-corrected chi connectivity index (χ2v) is 7.58. The van der Waals surface area contributed by atoms with Crippen LogP contribution in [-0.4, -0.2) is 18.6 Å². The molecule has 3 aliphatic rings. The summed E-state index contributed by atoms with van der Waals surface area (Å²) in [6, 6.07) is 0. The summed E-state index contributed by atoms with van der Waals surface area (Å²) in [6.45, 7) is 15.5. The number of allylic oxidation sites excluding steroid dienone is 1. The van der Waals surface area contributed by atoms with Gasteiger partial charge in [0.25, 0.3) is 0 Å². The zero-order chi connectivity index (χ0) is 16.1. The van der Waals surface area contributed by atoms with Crippen molar-refractivity contribution in [2.24, 2.45) is 16.7 Å². The van der Waals surface area contributed by atoms with Gasteiger partial charge in [-0.15, -0.1) is 6.58 Å². The van der Waals surface area contributed by atoms with E-state index in [0.717, 1.165) is 31.5 Å². The summed E-state index contributed by atoms with van der Waals surface area (Å²) in [5, 5.41) is 3.41. The molecule has 0 saturated carbocycles. The number of hydrogen-bond donors (Lipinski definition) is 1. The van der Waals surface area contributed by atoms with Crippen molar-refractivity contribution in [2.45, 2.75) is 52.6 Å². The van der Waals surface area contributed by atoms with Gasteiger partial charge in [-0.05, 0) is 37.7 Å². The van der Waals surface area contributed by atoms with Gasteiger partial charge in [0, 0.05) is 24.1 Å². The lowest BCUT2D eigenvalue weighted by atomic mass is 9.59. The number of esters is 1. The lowest BCUT2D eigenvalue weighted by Crippen LogP contribution is -2.46. The van der Waals surface area contributed by atoms with Crippen LogP contribution in [0.4, 0.5) is 0 Å². The second-order valence-electron chi connectivity index (χ2n) is 7.58. The first-order chi connectivity index (χ1) is 10.3. The van der Waals surface area contributed by atoms with Gasteiger partial charge >= 0.3 is 5.97 Å². The van der Waals surface area contributed by atoms with Crippen molar-refractivity contribution in [3.05, 3.63) is 36.1 Å². The number of cyclic esters (lactones) is 1. The van der Waals surface area contributed by atoms with Crippen molar-refractivity contribution >= 4 is 5.97 Å². The minimum atomic E-state index is -0.561. The summed E-state index contributed by atoms with van der Waals surface area (Å²) >= 11 is 0. The van der Waals surface area contributed by atoms with Crippen LogP contribution in [-0.2, 0) is 9.53 Å². The van der Waals surface area contributed by atoms with E-state index in [1.807, 2.05) is 6.92 Å². The Kier molecular flexibility index (Phi) is 3.50. The number of hydrogen-bond acceptors (Lipinski definition) is 3. The van der Waals surface area contributed by atoms with Crippen molar-refractivity contribution in [3.8, 4) is 0 Å². The van der Waals surface area contributed by atoms with Gasteiger partial charge in [-0.3, -0.25) is 4.79 Å². The zero-order valence-electron chi connectivity index (χ0n) is 14.0. The van der Waals surface area contributed by atoms with Crippen molar-refractivity contribution < 1.29 is 9.53 Å². The predicted octanol–water partition coefficient (Wildman–Crippen LogP) is 3.73. The number of ether oxygens (including phenoxy) is 1. The quantitative estimate of drug-likeness (QED) is 0.624. The van der Waals surface area contributed by atoms with Crippen LogP contribution in [0.5, 0.6) is 0 Å². The Balaban J connectivity index is 2.04. The minimum absolute atomic E-state index is 0.0973. The highest BCUT2D eigenvalue weighted by atomic mass is 16.6. The topological polar surface area (TPSA) is 38.3 Å². The first kappa shape index (κ1) is 15.4. The molecule has 1 saturated heterocycles. The van der Waals surface area contributed by atoms with E-state index in [4.69, 9.17) is 4.74 Å². The van der Waals surface area contributed by atoms with Crippen LogP contribution >= 0.6 is 0 Å². The fourth-order valence-corrected chi connectivity index (χ4v) is 4.44. The summed E-state index contributed by atoms with van der Waals surface area (Å²) in [4.78, 5) is 12.3. The van der Waals surface area contributed by atoms with Crippen molar-refractivity contribution in [3.63, 3.8) is 0 Å². The Labute approximate surface area is 133 Å². The maximum atomic E-state index is 12.3. The van der Waals surface area contributed by atoms with Gasteiger partial charge in [0.05, 0.1) is 5.41 Å². The van der Waals surface area contributed by atoms with Crippen LogP contribution in [0.2, 0.25) is 0 Å². The van der Waals surface area contributed by atoms with Crippen LogP contribution in [0.25, 0.3) is 0 Å². The van der Waals surface area contributed by atoms with Gasteiger partial charge in [-0.25, -0.2) is 0 Å². The summed E-state index contributed by atoms with van der Waals surface area (Å²) in [5.74, 6) is 0.330. The highest BCUT2D eigenvalue weighted by Crippen LogP contribution is 2.55. The van der Waals surface area contributed by atoms with Crippen LogP contribution in [0, 0.1) is 16.7 Å². The van der Waals surface area contributed by atoms with E-state index in [-0.39, 0.29) is 17.5 Å². The Morgan fingerprint density at radius 2 is 2.09 bits per heavy atom.